The third kappa shape index (κ3) is 3.37. The van der Waals surface area contributed by atoms with Crippen LogP contribution >= 0.6 is 11.6 Å². The van der Waals surface area contributed by atoms with Gasteiger partial charge in [0, 0.05) is 5.02 Å². The second-order valence-corrected chi connectivity index (χ2v) is 4.61. The lowest BCUT2D eigenvalue weighted by atomic mass is 9.86. The van der Waals surface area contributed by atoms with Gasteiger partial charge in [-0.15, -0.1) is 0 Å². The molecule has 0 atom stereocenters. The summed E-state index contributed by atoms with van der Waals surface area (Å²) >= 11 is 5.89. The van der Waals surface area contributed by atoms with E-state index in [1.54, 1.807) is 0 Å². The molecule has 0 unspecified atom stereocenters. The van der Waals surface area contributed by atoms with Crippen molar-refractivity contribution >= 4 is 11.6 Å². The van der Waals surface area contributed by atoms with Gasteiger partial charge in [-0.05, 0) is 36.1 Å². The Morgan fingerprint density at radius 3 is 2.62 bits per heavy atom. The van der Waals surface area contributed by atoms with E-state index >= 15 is 0 Å². The van der Waals surface area contributed by atoms with E-state index in [1.165, 1.54) is 5.56 Å². The van der Waals surface area contributed by atoms with Crippen LogP contribution in [0.25, 0.3) is 0 Å². The molecule has 0 aromatic heterocycles. The molecule has 0 bridgehead atoms. The van der Waals surface area contributed by atoms with Crippen LogP contribution < -0.4 is 5.73 Å². The lowest BCUT2D eigenvalue weighted by Crippen LogP contribution is -2.25. The minimum Gasteiger partial charge on any atom is -0.330 e. The Labute approximate surface area is 84.9 Å². The number of rotatable bonds is 3. The zero-order valence-corrected chi connectivity index (χ0v) is 8.93. The van der Waals surface area contributed by atoms with Crippen molar-refractivity contribution in [1.29, 1.82) is 0 Å². The fraction of sp³-hybridized carbons (Fsp3) is 0.455. The molecule has 0 heterocycles. The van der Waals surface area contributed by atoms with Crippen LogP contribution in [-0.2, 0) is 6.42 Å². The summed E-state index contributed by atoms with van der Waals surface area (Å²) in [5.41, 5.74) is 7.07. The Balaban J connectivity index is 2.74. The maximum Gasteiger partial charge on any atom is 0.0408 e. The third-order valence-corrected chi connectivity index (χ3v) is 2.36. The van der Waals surface area contributed by atoms with E-state index in [0.29, 0.717) is 6.54 Å². The Hall–Kier alpha value is -0.530. The molecule has 2 N–H and O–H groups in total. The van der Waals surface area contributed by atoms with Crippen molar-refractivity contribution in [2.75, 3.05) is 6.54 Å². The predicted molar refractivity (Wildman–Crippen MR) is 58.0 cm³/mol. The lowest BCUT2D eigenvalue weighted by molar-refractivity contribution is 0.377. The second kappa shape index (κ2) is 4.12. The van der Waals surface area contributed by atoms with E-state index in [0.717, 1.165) is 11.4 Å². The molecule has 0 saturated heterocycles. The van der Waals surface area contributed by atoms with Gasteiger partial charge in [-0.25, -0.2) is 0 Å². The molecule has 0 saturated carbocycles. The Morgan fingerprint density at radius 2 is 2.08 bits per heavy atom. The van der Waals surface area contributed by atoms with Gasteiger partial charge in [0.25, 0.3) is 0 Å². The molecular weight excluding hydrogens is 182 g/mol. The van der Waals surface area contributed by atoms with Gasteiger partial charge in [0.15, 0.2) is 0 Å². The number of hydrogen-bond donors (Lipinski definition) is 1. The van der Waals surface area contributed by atoms with Crippen LogP contribution in [0.15, 0.2) is 24.3 Å². The highest BCUT2D eigenvalue weighted by Crippen LogP contribution is 2.21. The number of nitrogens with two attached hydrogens (primary N) is 1. The fourth-order valence-corrected chi connectivity index (χ4v) is 1.48. The van der Waals surface area contributed by atoms with Crippen LogP contribution in [0.2, 0.25) is 5.02 Å². The quantitative estimate of drug-likeness (QED) is 0.793. The molecule has 1 nitrogen and oxygen atoms in total. The maximum absolute atomic E-state index is 5.89. The summed E-state index contributed by atoms with van der Waals surface area (Å²) in [6, 6.07) is 7.95. The van der Waals surface area contributed by atoms with Crippen LogP contribution in [-0.4, -0.2) is 6.54 Å². The van der Waals surface area contributed by atoms with Gasteiger partial charge in [-0.1, -0.05) is 37.6 Å². The van der Waals surface area contributed by atoms with Gasteiger partial charge in [0.1, 0.15) is 0 Å². The Morgan fingerprint density at radius 1 is 1.38 bits per heavy atom. The lowest BCUT2D eigenvalue weighted by Gasteiger charge is -2.22. The first kappa shape index (κ1) is 10.6. The summed E-state index contributed by atoms with van der Waals surface area (Å²) in [7, 11) is 0. The highest BCUT2D eigenvalue weighted by molar-refractivity contribution is 6.30. The van der Waals surface area contributed by atoms with Crippen molar-refractivity contribution in [3.8, 4) is 0 Å². The van der Waals surface area contributed by atoms with Gasteiger partial charge in [-0.2, -0.15) is 0 Å². The summed E-state index contributed by atoms with van der Waals surface area (Å²) in [6.07, 6.45) is 0.976. The average Bonchev–Trinajstić information content (AvgIpc) is 2.03. The largest absolute Gasteiger partial charge is 0.330 e. The number of benzene rings is 1. The van der Waals surface area contributed by atoms with Crippen molar-refractivity contribution in [3.63, 3.8) is 0 Å². The molecule has 1 aromatic carbocycles. The first-order chi connectivity index (χ1) is 6.03. The molecule has 0 radical (unpaired) electrons. The van der Waals surface area contributed by atoms with Crippen LogP contribution in [0.1, 0.15) is 19.4 Å². The zero-order valence-electron chi connectivity index (χ0n) is 8.18. The monoisotopic (exact) mass is 197 g/mol. The van der Waals surface area contributed by atoms with Crippen molar-refractivity contribution in [1.82, 2.24) is 0 Å². The molecule has 13 heavy (non-hydrogen) atoms. The van der Waals surface area contributed by atoms with Gasteiger partial charge < -0.3 is 5.73 Å². The van der Waals surface area contributed by atoms with E-state index in [2.05, 4.69) is 19.9 Å². The standard InChI is InChI=1S/C11H16ClN/c1-11(2,8-13)7-9-4-3-5-10(12)6-9/h3-6H,7-8,13H2,1-2H3. The first-order valence-corrected chi connectivity index (χ1v) is 4.86. The highest BCUT2D eigenvalue weighted by atomic mass is 35.5. The van der Waals surface area contributed by atoms with E-state index in [1.807, 2.05) is 18.2 Å². The zero-order chi connectivity index (χ0) is 9.90. The molecule has 0 aliphatic rings. The second-order valence-electron chi connectivity index (χ2n) is 4.18. The van der Waals surface area contributed by atoms with Crippen LogP contribution in [0.4, 0.5) is 0 Å². The third-order valence-electron chi connectivity index (χ3n) is 2.12. The van der Waals surface area contributed by atoms with Crippen LogP contribution in [0.5, 0.6) is 0 Å². The molecule has 1 rings (SSSR count). The van der Waals surface area contributed by atoms with Gasteiger partial charge in [-0.3, -0.25) is 0 Å². The predicted octanol–water partition coefficient (Wildman–Crippen LogP) is 2.87. The Kier molecular flexibility index (Phi) is 3.34. The molecular formula is C11H16ClN. The number of halogens is 1. The van der Waals surface area contributed by atoms with E-state index < -0.39 is 0 Å². The van der Waals surface area contributed by atoms with E-state index in [-0.39, 0.29) is 5.41 Å². The number of hydrogen-bond acceptors (Lipinski definition) is 1. The molecule has 0 fully saturated rings. The summed E-state index contributed by atoms with van der Waals surface area (Å²) in [5, 5.41) is 0.797. The molecule has 0 aliphatic carbocycles. The van der Waals surface area contributed by atoms with Crippen LogP contribution in [0.3, 0.4) is 0 Å². The summed E-state index contributed by atoms with van der Waals surface area (Å²) < 4.78 is 0. The van der Waals surface area contributed by atoms with E-state index in [4.69, 9.17) is 17.3 Å². The molecule has 0 aliphatic heterocycles. The minimum absolute atomic E-state index is 0.157. The molecule has 0 amide bonds. The smallest absolute Gasteiger partial charge is 0.0408 e. The first-order valence-electron chi connectivity index (χ1n) is 4.48. The van der Waals surface area contributed by atoms with Gasteiger partial charge >= 0.3 is 0 Å². The minimum atomic E-state index is 0.157. The summed E-state index contributed by atoms with van der Waals surface area (Å²) in [6.45, 7) is 5.02. The highest BCUT2D eigenvalue weighted by Gasteiger charge is 2.15. The molecule has 1 aromatic rings. The van der Waals surface area contributed by atoms with Gasteiger partial charge in [0.2, 0.25) is 0 Å². The topological polar surface area (TPSA) is 26.0 Å². The molecule has 0 spiro atoms. The van der Waals surface area contributed by atoms with Crippen molar-refractivity contribution < 1.29 is 0 Å². The summed E-state index contributed by atoms with van der Waals surface area (Å²) in [4.78, 5) is 0. The van der Waals surface area contributed by atoms with Crippen molar-refractivity contribution in [2.24, 2.45) is 11.1 Å². The van der Waals surface area contributed by atoms with Gasteiger partial charge in [0.05, 0.1) is 0 Å². The average molecular weight is 198 g/mol. The van der Waals surface area contributed by atoms with Crippen molar-refractivity contribution in [2.45, 2.75) is 20.3 Å². The Bertz CT molecular complexity index is 281. The molecule has 72 valence electrons. The SMILES string of the molecule is CC(C)(CN)Cc1cccc(Cl)c1. The van der Waals surface area contributed by atoms with Crippen molar-refractivity contribution in [3.05, 3.63) is 34.9 Å². The normalized spacial score (nSPS) is 11.7. The summed E-state index contributed by atoms with van der Waals surface area (Å²) in [5.74, 6) is 0. The maximum atomic E-state index is 5.89. The molecule has 2 heteroatoms. The fourth-order valence-electron chi connectivity index (χ4n) is 1.27. The van der Waals surface area contributed by atoms with Crippen LogP contribution in [0, 0.1) is 5.41 Å². The van der Waals surface area contributed by atoms with E-state index in [9.17, 15) is 0 Å².